The van der Waals surface area contributed by atoms with Gasteiger partial charge in [0, 0.05) is 6.04 Å². The third-order valence-electron chi connectivity index (χ3n) is 3.43. The third kappa shape index (κ3) is 2.96. The van der Waals surface area contributed by atoms with Crippen molar-refractivity contribution in [2.45, 2.75) is 31.9 Å². The summed E-state index contributed by atoms with van der Waals surface area (Å²) in [6.07, 6.45) is 7.23. The molecule has 4 heteroatoms. The summed E-state index contributed by atoms with van der Waals surface area (Å²) < 4.78 is 8.04. The maximum absolute atomic E-state index is 5.81. The summed E-state index contributed by atoms with van der Waals surface area (Å²) in [6, 6.07) is 8.79. The molecule has 0 aliphatic heterocycles. The van der Waals surface area contributed by atoms with Crippen molar-refractivity contribution >= 4 is 0 Å². The molecule has 4 nitrogen and oxygen atoms in total. The Kier molecular flexibility index (Phi) is 3.51. The van der Waals surface area contributed by atoms with Crippen molar-refractivity contribution < 1.29 is 4.74 Å². The first-order chi connectivity index (χ1) is 9.36. The van der Waals surface area contributed by atoms with Gasteiger partial charge >= 0.3 is 0 Å². The Morgan fingerprint density at radius 2 is 2.05 bits per heavy atom. The molecule has 1 aromatic carbocycles. The first kappa shape index (κ1) is 12.2. The minimum absolute atomic E-state index is 0.576. The van der Waals surface area contributed by atoms with E-state index in [-0.39, 0.29) is 0 Å². The number of ether oxygens (including phenoxy) is 1. The van der Waals surface area contributed by atoms with E-state index in [0.29, 0.717) is 19.2 Å². The first-order valence-electron chi connectivity index (χ1n) is 6.79. The zero-order chi connectivity index (χ0) is 13.1. The second-order valence-corrected chi connectivity index (χ2v) is 4.99. The lowest BCUT2D eigenvalue weighted by Crippen LogP contribution is -2.04. The largest absolute Gasteiger partial charge is 0.487 e. The van der Waals surface area contributed by atoms with Crippen molar-refractivity contribution in [1.82, 2.24) is 9.55 Å². The minimum Gasteiger partial charge on any atom is -0.487 e. The van der Waals surface area contributed by atoms with Gasteiger partial charge in [0.1, 0.15) is 12.4 Å². The van der Waals surface area contributed by atoms with E-state index in [1.807, 2.05) is 24.7 Å². The molecule has 2 N–H and O–H groups in total. The monoisotopic (exact) mass is 257 g/mol. The highest BCUT2D eigenvalue weighted by Gasteiger charge is 2.25. The van der Waals surface area contributed by atoms with Crippen LogP contribution in [0.5, 0.6) is 5.75 Å². The van der Waals surface area contributed by atoms with Gasteiger partial charge in [-0.15, -0.1) is 0 Å². The van der Waals surface area contributed by atoms with Crippen LogP contribution in [-0.4, -0.2) is 16.1 Å². The van der Waals surface area contributed by atoms with Gasteiger partial charge in [0.2, 0.25) is 0 Å². The third-order valence-corrected chi connectivity index (χ3v) is 3.43. The van der Waals surface area contributed by atoms with Crippen LogP contribution in [0.1, 0.15) is 30.1 Å². The average molecular weight is 257 g/mol. The topological polar surface area (TPSA) is 53.1 Å². The van der Waals surface area contributed by atoms with Gasteiger partial charge < -0.3 is 15.0 Å². The second-order valence-electron chi connectivity index (χ2n) is 4.99. The molecule has 1 fully saturated rings. The molecule has 1 saturated carbocycles. The van der Waals surface area contributed by atoms with Gasteiger partial charge in [-0.1, -0.05) is 12.1 Å². The van der Waals surface area contributed by atoms with Crippen LogP contribution in [-0.2, 0) is 13.0 Å². The van der Waals surface area contributed by atoms with E-state index in [4.69, 9.17) is 10.5 Å². The highest BCUT2D eigenvalue weighted by Crippen LogP contribution is 2.35. The smallest absolute Gasteiger partial charge is 0.130 e. The molecule has 0 saturated heterocycles. The summed E-state index contributed by atoms with van der Waals surface area (Å²) >= 11 is 0. The Hall–Kier alpha value is -1.81. The first-order valence-corrected chi connectivity index (χ1v) is 6.79. The number of nitrogens with two attached hydrogens (primary N) is 1. The molecule has 100 valence electrons. The van der Waals surface area contributed by atoms with Crippen LogP contribution < -0.4 is 10.5 Å². The zero-order valence-corrected chi connectivity index (χ0v) is 11.0. The van der Waals surface area contributed by atoms with E-state index >= 15 is 0 Å². The van der Waals surface area contributed by atoms with Gasteiger partial charge in [-0.25, -0.2) is 4.98 Å². The summed E-state index contributed by atoms with van der Waals surface area (Å²) in [5.41, 5.74) is 7.93. The number of benzene rings is 1. The Balaban J connectivity index is 1.60. The van der Waals surface area contributed by atoms with Crippen LogP contribution >= 0.6 is 0 Å². The maximum Gasteiger partial charge on any atom is 0.130 e. The van der Waals surface area contributed by atoms with Gasteiger partial charge in [0.25, 0.3) is 0 Å². The lowest BCUT2D eigenvalue weighted by molar-refractivity contribution is 0.295. The molecule has 0 spiro atoms. The van der Waals surface area contributed by atoms with E-state index in [1.54, 1.807) is 0 Å². The average Bonchev–Trinajstić information content (AvgIpc) is 3.17. The van der Waals surface area contributed by atoms with Crippen molar-refractivity contribution in [1.29, 1.82) is 0 Å². The lowest BCUT2D eigenvalue weighted by Gasteiger charge is -2.09. The molecule has 1 aliphatic carbocycles. The molecule has 3 rings (SSSR count). The summed E-state index contributed by atoms with van der Waals surface area (Å²) in [7, 11) is 0. The minimum atomic E-state index is 0.576. The van der Waals surface area contributed by atoms with Crippen LogP contribution in [0, 0.1) is 0 Å². The summed E-state index contributed by atoms with van der Waals surface area (Å²) in [4.78, 5) is 4.20. The van der Waals surface area contributed by atoms with E-state index in [0.717, 1.165) is 17.9 Å². The molecule has 1 heterocycles. The molecule has 0 radical (unpaired) electrons. The standard InChI is InChI=1S/C15H19N3O/c16-8-7-12-1-5-15(6-2-12)19-10-14-9-17-11-18(14)13-3-4-13/h1-2,5-6,9,11,13H,3-4,7-8,10,16H2. The molecule has 0 atom stereocenters. The Morgan fingerprint density at radius 1 is 1.26 bits per heavy atom. The number of rotatable bonds is 6. The van der Waals surface area contributed by atoms with Crippen molar-refractivity contribution in [3.05, 3.63) is 48.0 Å². The van der Waals surface area contributed by atoms with Crippen LogP contribution in [0.25, 0.3) is 0 Å². The van der Waals surface area contributed by atoms with Crippen molar-refractivity contribution in [2.75, 3.05) is 6.54 Å². The molecule has 1 aliphatic rings. The number of hydrogen-bond acceptors (Lipinski definition) is 3. The van der Waals surface area contributed by atoms with Gasteiger partial charge in [-0.3, -0.25) is 0 Å². The fraction of sp³-hybridized carbons (Fsp3) is 0.400. The van der Waals surface area contributed by atoms with Gasteiger partial charge in [-0.2, -0.15) is 0 Å². The van der Waals surface area contributed by atoms with Crippen molar-refractivity contribution in [3.8, 4) is 5.75 Å². The Bertz CT molecular complexity index is 529. The molecular weight excluding hydrogens is 238 g/mol. The quantitative estimate of drug-likeness (QED) is 0.864. The molecular formula is C15H19N3O. The van der Waals surface area contributed by atoms with Gasteiger partial charge in [0.05, 0.1) is 18.2 Å². The molecule has 19 heavy (non-hydrogen) atoms. The summed E-state index contributed by atoms with van der Waals surface area (Å²) in [5.74, 6) is 0.893. The number of aromatic nitrogens is 2. The van der Waals surface area contributed by atoms with E-state index in [1.165, 1.54) is 18.4 Å². The van der Waals surface area contributed by atoms with E-state index in [2.05, 4.69) is 21.7 Å². The van der Waals surface area contributed by atoms with Gasteiger partial charge in [-0.05, 0) is 43.5 Å². The predicted molar refractivity (Wildman–Crippen MR) is 74.0 cm³/mol. The van der Waals surface area contributed by atoms with Crippen LogP contribution in [0.2, 0.25) is 0 Å². The normalized spacial score (nSPS) is 14.6. The summed E-state index contributed by atoms with van der Waals surface area (Å²) in [5, 5.41) is 0. The molecule has 1 aromatic heterocycles. The van der Waals surface area contributed by atoms with Crippen LogP contribution in [0.4, 0.5) is 0 Å². The van der Waals surface area contributed by atoms with E-state index < -0.39 is 0 Å². The molecule has 0 amide bonds. The number of nitrogens with zero attached hydrogens (tertiary/aromatic N) is 2. The fourth-order valence-electron chi connectivity index (χ4n) is 2.20. The lowest BCUT2D eigenvalue weighted by atomic mass is 10.1. The maximum atomic E-state index is 5.81. The number of hydrogen-bond donors (Lipinski definition) is 1. The zero-order valence-electron chi connectivity index (χ0n) is 11.0. The number of imidazole rings is 1. The fourth-order valence-corrected chi connectivity index (χ4v) is 2.20. The predicted octanol–water partition coefficient (Wildman–Crippen LogP) is 2.30. The Labute approximate surface area is 113 Å². The second kappa shape index (κ2) is 5.45. The van der Waals surface area contributed by atoms with Crippen LogP contribution in [0.15, 0.2) is 36.8 Å². The molecule has 0 bridgehead atoms. The SMILES string of the molecule is NCCc1ccc(OCc2cncn2C2CC2)cc1. The highest BCUT2D eigenvalue weighted by molar-refractivity contribution is 5.27. The van der Waals surface area contributed by atoms with Crippen molar-refractivity contribution in [2.24, 2.45) is 5.73 Å². The Morgan fingerprint density at radius 3 is 2.74 bits per heavy atom. The highest BCUT2D eigenvalue weighted by atomic mass is 16.5. The molecule has 0 unspecified atom stereocenters. The molecule has 2 aromatic rings. The van der Waals surface area contributed by atoms with Gasteiger partial charge in [0.15, 0.2) is 0 Å². The van der Waals surface area contributed by atoms with Crippen LogP contribution in [0.3, 0.4) is 0 Å². The summed E-state index contributed by atoms with van der Waals surface area (Å²) in [6.45, 7) is 1.26. The van der Waals surface area contributed by atoms with E-state index in [9.17, 15) is 0 Å². The van der Waals surface area contributed by atoms with Crippen molar-refractivity contribution in [3.63, 3.8) is 0 Å².